The Balaban J connectivity index is 2.47. The molecule has 0 unspecified atom stereocenters. The molecule has 7 heteroatoms. The monoisotopic (exact) mass is 281 g/mol. The van der Waals surface area contributed by atoms with Gasteiger partial charge in [0.1, 0.15) is 5.56 Å². The summed E-state index contributed by atoms with van der Waals surface area (Å²) in [6, 6.07) is 2.15. The molecule has 0 atom stereocenters. The van der Waals surface area contributed by atoms with Gasteiger partial charge in [0, 0.05) is 19.6 Å². The summed E-state index contributed by atoms with van der Waals surface area (Å²) < 4.78 is 13.6. The van der Waals surface area contributed by atoms with Gasteiger partial charge >= 0.3 is 0 Å². The molecule has 1 aliphatic rings. The summed E-state index contributed by atoms with van der Waals surface area (Å²) in [6.07, 6.45) is 1.82. The highest BCUT2D eigenvalue weighted by atomic mass is 19.1. The molecule has 0 heterocycles. The van der Waals surface area contributed by atoms with Crippen LogP contribution in [-0.4, -0.2) is 35.4 Å². The van der Waals surface area contributed by atoms with Gasteiger partial charge in [-0.25, -0.2) is 4.39 Å². The Kier molecular flexibility index (Phi) is 3.87. The number of hydrogen-bond donors (Lipinski definition) is 1. The summed E-state index contributed by atoms with van der Waals surface area (Å²) in [7, 11) is 1.50. The van der Waals surface area contributed by atoms with Crippen LogP contribution >= 0.6 is 0 Å². The molecule has 0 aromatic heterocycles. The summed E-state index contributed by atoms with van der Waals surface area (Å²) in [5, 5.41) is 13.6. The predicted octanol–water partition coefficient (Wildman–Crippen LogP) is 2.40. The highest BCUT2D eigenvalue weighted by molar-refractivity contribution is 5.99. The summed E-state index contributed by atoms with van der Waals surface area (Å²) in [5.41, 5.74) is -0.495. The van der Waals surface area contributed by atoms with E-state index < -0.39 is 22.3 Å². The van der Waals surface area contributed by atoms with Crippen molar-refractivity contribution in [3.8, 4) is 0 Å². The third-order valence-electron chi connectivity index (χ3n) is 3.37. The Hall–Kier alpha value is -2.18. The predicted molar refractivity (Wildman–Crippen MR) is 72.3 cm³/mol. The van der Waals surface area contributed by atoms with Gasteiger partial charge in [-0.15, -0.1) is 0 Å². The molecule has 1 aliphatic carbocycles. The van der Waals surface area contributed by atoms with Gasteiger partial charge in [0.05, 0.1) is 16.7 Å². The second kappa shape index (κ2) is 5.44. The second-order valence-corrected chi connectivity index (χ2v) is 4.68. The van der Waals surface area contributed by atoms with Crippen LogP contribution in [0.3, 0.4) is 0 Å². The van der Waals surface area contributed by atoms with Crippen molar-refractivity contribution < 1.29 is 14.1 Å². The fourth-order valence-electron chi connectivity index (χ4n) is 2.19. The lowest BCUT2D eigenvalue weighted by atomic mass is 10.1. The minimum absolute atomic E-state index is 0.0745. The summed E-state index contributed by atoms with van der Waals surface area (Å²) in [5.74, 6) is -1.16. The first-order valence-corrected chi connectivity index (χ1v) is 6.46. The third kappa shape index (κ3) is 2.56. The third-order valence-corrected chi connectivity index (χ3v) is 3.37. The lowest BCUT2D eigenvalue weighted by molar-refractivity contribution is -0.385. The molecule has 0 radical (unpaired) electrons. The first kappa shape index (κ1) is 14.2. The molecule has 0 spiro atoms. The van der Waals surface area contributed by atoms with E-state index in [-0.39, 0.29) is 17.3 Å². The molecule has 0 saturated heterocycles. The van der Waals surface area contributed by atoms with Crippen LogP contribution in [0.4, 0.5) is 15.8 Å². The maximum atomic E-state index is 13.6. The Morgan fingerprint density at radius 2 is 2.20 bits per heavy atom. The standard InChI is InChI=1S/C13H16FN3O3/c1-3-16(8-4-5-8)13(18)9-6-11(15-2)10(14)7-12(9)17(19)20/h6-8,15H,3-5H2,1-2H3. The number of nitrogens with zero attached hydrogens (tertiary/aromatic N) is 2. The Bertz CT molecular complexity index is 558. The van der Waals surface area contributed by atoms with Crippen LogP contribution < -0.4 is 5.32 Å². The topological polar surface area (TPSA) is 75.5 Å². The zero-order valence-corrected chi connectivity index (χ0v) is 11.4. The molecule has 1 amide bonds. The van der Waals surface area contributed by atoms with Gasteiger partial charge in [-0.05, 0) is 25.8 Å². The molecular weight excluding hydrogens is 265 g/mol. The van der Waals surface area contributed by atoms with Crippen molar-refractivity contribution in [2.45, 2.75) is 25.8 Å². The minimum atomic E-state index is -0.745. The summed E-state index contributed by atoms with van der Waals surface area (Å²) >= 11 is 0. The number of amides is 1. The zero-order chi connectivity index (χ0) is 14.9. The Morgan fingerprint density at radius 3 is 2.65 bits per heavy atom. The van der Waals surface area contributed by atoms with E-state index in [1.807, 2.05) is 6.92 Å². The largest absolute Gasteiger partial charge is 0.386 e. The molecule has 1 aromatic carbocycles. The number of nitro groups is 1. The smallest absolute Gasteiger partial charge is 0.285 e. The van der Waals surface area contributed by atoms with Crippen molar-refractivity contribution >= 4 is 17.3 Å². The molecule has 1 N–H and O–H groups in total. The summed E-state index contributed by atoms with van der Waals surface area (Å²) in [6.45, 7) is 2.30. The number of hydrogen-bond acceptors (Lipinski definition) is 4. The lowest BCUT2D eigenvalue weighted by Gasteiger charge is -2.20. The first-order chi connectivity index (χ1) is 9.49. The summed E-state index contributed by atoms with van der Waals surface area (Å²) in [4.78, 5) is 24.3. The average Bonchev–Trinajstić information content (AvgIpc) is 3.23. The molecule has 108 valence electrons. The number of anilines is 1. The number of halogens is 1. The second-order valence-electron chi connectivity index (χ2n) is 4.68. The lowest BCUT2D eigenvalue weighted by Crippen LogP contribution is -2.33. The van der Waals surface area contributed by atoms with E-state index in [2.05, 4.69) is 5.32 Å². The van der Waals surface area contributed by atoms with Crippen LogP contribution in [0, 0.1) is 15.9 Å². The van der Waals surface area contributed by atoms with Crippen molar-refractivity contribution in [3.63, 3.8) is 0 Å². The van der Waals surface area contributed by atoms with Crippen LogP contribution in [0.15, 0.2) is 12.1 Å². The average molecular weight is 281 g/mol. The van der Waals surface area contributed by atoms with E-state index >= 15 is 0 Å². The number of rotatable bonds is 5. The zero-order valence-electron chi connectivity index (χ0n) is 11.4. The van der Waals surface area contributed by atoms with E-state index in [9.17, 15) is 19.3 Å². The van der Waals surface area contributed by atoms with Crippen molar-refractivity contribution in [1.29, 1.82) is 0 Å². The van der Waals surface area contributed by atoms with Crippen molar-refractivity contribution in [2.75, 3.05) is 18.9 Å². The Labute approximate surface area is 115 Å². The van der Waals surface area contributed by atoms with Gasteiger partial charge < -0.3 is 10.2 Å². The minimum Gasteiger partial charge on any atom is -0.386 e. The number of benzene rings is 1. The van der Waals surface area contributed by atoms with Crippen LogP contribution in [0.2, 0.25) is 0 Å². The SMILES string of the molecule is CCN(C(=O)c1cc(NC)c(F)cc1[N+](=O)[O-])C1CC1. The highest BCUT2D eigenvalue weighted by Crippen LogP contribution is 2.32. The fourth-order valence-corrected chi connectivity index (χ4v) is 2.19. The van der Waals surface area contributed by atoms with E-state index in [4.69, 9.17) is 0 Å². The van der Waals surface area contributed by atoms with E-state index in [1.54, 1.807) is 4.90 Å². The van der Waals surface area contributed by atoms with Gasteiger partial charge in [-0.2, -0.15) is 0 Å². The van der Waals surface area contributed by atoms with E-state index in [1.165, 1.54) is 13.1 Å². The molecule has 6 nitrogen and oxygen atoms in total. The molecule has 0 aliphatic heterocycles. The number of carbonyl (C=O) groups excluding carboxylic acids is 1. The van der Waals surface area contributed by atoms with Gasteiger partial charge in [-0.3, -0.25) is 14.9 Å². The van der Waals surface area contributed by atoms with Crippen molar-refractivity contribution in [2.24, 2.45) is 0 Å². The Morgan fingerprint density at radius 1 is 1.55 bits per heavy atom. The quantitative estimate of drug-likeness (QED) is 0.664. The number of nitrogens with one attached hydrogen (secondary N) is 1. The van der Waals surface area contributed by atoms with Crippen LogP contribution in [0.1, 0.15) is 30.1 Å². The molecule has 20 heavy (non-hydrogen) atoms. The molecule has 0 bridgehead atoms. The molecule has 1 saturated carbocycles. The molecule has 1 aromatic rings. The van der Waals surface area contributed by atoms with Crippen LogP contribution in [0.25, 0.3) is 0 Å². The van der Waals surface area contributed by atoms with Crippen molar-refractivity contribution in [1.82, 2.24) is 4.90 Å². The van der Waals surface area contributed by atoms with Gasteiger partial charge in [0.15, 0.2) is 5.82 Å². The molecular formula is C13H16FN3O3. The van der Waals surface area contributed by atoms with Gasteiger partial charge in [0.2, 0.25) is 0 Å². The van der Waals surface area contributed by atoms with Gasteiger partial charge in [-0.1, -0.05) is 0 Å². The van der Waals surface area contributed by atoms with Crippen LogP contribution in [0.5, 0.6) is 0 Å². The molecule has 1 fully saturated rings. The van der Waals surface area contributed by atoms with Crippen LogP contribution in [-0.2, 0) is 0 Å². The highest BCUT2D eigenvalue weighted by Gasteiger charge is 2.35. The number of carbonyl (C=O) groups is 1. The first-order valence-electron chi connectivity index (χ1n) is 6.46. The molecule has 2 rings (SSSR count). The maximum Gasteiger partial charge on any atom is 0.285 e. The number of nitro benzene ring substituents is 1. The van der Waals surface area contributed by atoms with E-state index in [0.29, 0.717) is 6.54 Å². The maximum absolute atomic E-state index is 13.6. The fraction of sp³-hybridized carbons (Fsp3) is 0.462. The normalized spacial score (nSPS) is 13.9. The van der Waals surface area contributed by atoms with E-state index in [0.717, 1.165) is 18.9 Å². The van der Waals surface area contributed by atoms with Crippen molar-refractivity contribution in [3.05, 3.63) is 33.6 Å². The van der Waals surface area contributed by atoms with Gasteiger partial charge in [0.25, 0.3) is 11.6 Å².